The molecule has 0 radical (unpaired) electrons. The molecule has 0 bridgehead atoms. The summed E-state index contributed by atoms with van der Waals surface area (Å²) < 4.78 is 1.38. The Morgan fingerprint density at radius 2 is 2.12 bits per heavy atom. The molecule has 0 spiro atoms. The summed E-state index contributed by atoms with van der Waals surface area (Å²) >= 11 is 0. The van der Waals surface area contributed by atoms with Gasteiger partial charge < -0.3 is 11.1 Å². The largest absolute Gasteiger partial charge is 0.383 e. The number of carbonyl (C=O) groups is 1. The van der Waals surface area contributed by atoms with Crippen molar-refractivity contribution in [3.8, 4) is 6.07 Å². The SMILES string of the molecule is Cc1nn(CC(=O)NC(C)c2ccc3c(c2)CCCC3)c(N)c1C#N. The smallest absolute Gasteiger partial charge is 0.242 e. The van der Waals surface area contributed by atoms with Gasteiger partial charge in [0.2, 0.25) is 5.91 Å². The van der Waals surface area contributed by atoms with E-state index in [4.69, 9.17) is 11.0 Å². The van der Waals surface area contributed by atoms with Gasteiger partial charge in [-0.2, -0.15) is 10.4 Å². The second kappa shape index (κ2) is 6.98. The lowest BCUT2D eigenvalue weighted by Crippen LogP contribution is -2.31. The van der Waals surface area contributed by atoms with Gasteiger partial charge in [-0.05, 0) is 56.2 Å². The Kier molecular flexibility index (Phi) is 4.75. The fraction of sp³-hybridized carbons (Fsp3) is 0.421. The Labute approximate surface area is 147 Å². The predicted octanol–water partition coefficient (Wildman–Crippen LogP) is 2.40. The molecule has 130 valence electrons. The van der Waals surface area contributed by atoms with Crippen LogP contribution >= 0.6 is 0 Å². The number of nitrogen functional groups attached to an aromatic ring is 1. The number of nitrogens with zero attached hydrogens (tertiary/aromatic N) is 3. The number of hydrogen-bond donors (Lipinski definition) is 2. The van der Waals surface area contributed by atoms with Crippen LogP contribution in [0.15, 0.2) is 18.2 Å². The first-order valence-electron chi connectivity index (χ1n) is 8.63. The molecule has 1 atom stereocenters. The van der Waals surface area contributed by atoms with Crippen LogP contribution in [0, 0.1) is 18.3 Å². The van der Waals surface area contributed by atoms with Gasteiger partial charge in [-0.15, -0.1) is 0 Å². The van der Waals surface area contributed by atoms with Crippen LogP contribution in [0.4, 0.5) is 5.82 Å². The first-order valence-corrected chi connectivity index (χ1v) is 8.63. The highest BCUT2D eigenvalue weighted by molar-refractivity contribution is 5.77. The van der Waals surface area contributed by atoms with Crippen molar-refractivity contribution in [2.75, 3.05) is 5.73 Å². The molecule has 1 aromatic carbocycles. The Morgan fingerprint density at radius 1 is 1.40 bits per heavy atom. The van der Waals surface area contributed by atoms with Gasteiger partial charge >= 0.3 is 0 Å². The molecule has 0 aliphatic heterocycles. The molecular weight excluding hydrogens is 314 g/mol. The van der Waals surface area contributed by atoms with Crippen molar-refractivity contribution in [1.82, 2.24) is 15.1 Å². The quantitative estimate of drug-likeness (QED) is 0.895. The summed E-state index contributed by atoms with van der Waals surface area (Å²) in [5, 5.41) is 16.2. The number of carbonyl (C=O) groups excluding carboxylic acids is 1. The van der Waals surface area contributed by atoms with E-state index in [2.05, 4.69) is 28.6 Å². The standard InChI is InChI=1S/C19H23N5O/c1-12(15-8-7-14-5-3-4-6-16(14)9-15)22-18(25)11-24-19(21)17(10-20)13(2)23-24/h7-9,12H,3-6,11,21H2,1-2H3,(H,22,25). The van der Waals surface area contributed by atoms with Crippen LogP contribution in [-0.4, -0.2) is 15.7 Å². The number of rotatable bonds is 4. The highest BCUT2D eigenvalue weighted by Crippen LogP contribution is 2.24. The summed E-state index contributed by atoms with van der Waals surface area (Å²) in [4.78, 5) is 12.3. The van der Waals surface area contributed by atoms with E-state index in [1.165, 1.54) is 28.7 Å². The first kappa shape index (κ1) is 17.0. The number of benzene rings is 1. The monoisotopic (exact) mass is 337 g/mol. The Balaban J connectivity index is 1.68. The van der Waals surface area contributed by atoms with Gasteiger partial charge in [0, 0.05) is 0 Å². The minimum absolute atomic E-state index is 0.00361. The number of nitrogens with two attached hydrogens (primary N) is 1. The molecule has 6 heteroatoms. The van der Waals surface area contributed by atoms with E-state index < -0.39 is 0 Å². The third kappa shape index (κ3) is 3.50. The molecule has 25 heavy (non-hydrogen) atoms. The zero-order valence-electron chi connectivity index (χ0n) is 14.7. The molecule has 0 saturated heterocycles. The average molecular weight is 337 g/mol. The molecule has 0 saturated carbocycles. The molecule has 1 aliphatic rings. The third-order valence-corrected chi connectivity index (χ3v) is 4.82. The van der Waals surface area contributed by atoms with E-state index in [0.29, 0.717) is 11.3 Å². The topological polar surface area (TPSA) is 96.7 Å². The number of fused-ring (bicyclic) bond motifs is 1. The highest BCUT2D eigenvalue weighted by Gasteiger charge is 2.17. The van der Waals surface area contributed by atoms with Crippen LogP contribution in [-0.2, 0) is 24.2 Å². The van der Waals surface area contributed by atoms with Crippen molar-refractivity contribution in [2.24, 2.45) is 0 Å². The number of anilines is 1. The van der Waals surface area contributed by atoms with Crippen molar-refractivity contribution in [3.63, 3.8) is 0 Å². The van der Waals surface area contributed by atoms with E-state index in [1.54, 1.807) is 6.92 Å². The van der Waals surface area contributed by atoms with Crippen molar-refractivity contribution in [2.45, 2.75) is 52.1 Å². The lowest BCUT2D eigenvalue weighted by molar-refractivity contribution is -0.122. The molecule has 1 aliphatic carbocycles. The van der Waals surface area contributed by atoms with Crippen LogP contribution in [0.3, 0.4) is 0 Å². The van der Waals surface area contributed by atoms with Crippen LogP contribution in [0.25, 0.3) is 0 Å². The summed E-state index contributed by atoms with van der Waals surface area (Å²) in [5.74, 6) is 0.0560. The number of aromatic nitrogens is 2. The highest BCUT2D eigenvalue weighted by atomic mass is 16.2. The summed E-state index contributed by atoms with van der Waals surface area (Å²) in [6.45, 7) is 3.68. The predicted molar refractivity (Wildman–Crippen MR) is 95.7 cm³/mol. The Hall–Kier alpha value is -2.81. The third-order valence-electron chi connectivity index (χ3n) is 4.82. The lowest BCUT2D eigenvalue weighted by atomic mass is 9.89. The maximum Gasteiger partial charge on any atom is 0.242 e. The molecule has 1 heterocycles. The van der Waals surface area contributed by atoms with Crippen molar-refractivity contribution >= 4 is 11.7 Å². The van der Waals surface area contributed by atoms with Gasteiger partial charge in [-0.25, -0.2) is 4.68 Å². The molecule has 1 aromatic heterocycles. The Bertz CT molecular complexity index is 846. The molecule has 1 unspecified atom stereocenters. The Morgan fingerprint density at radius 3 is 2.80 bits per heavy atom. The normalized spacial score (nSPS) is 14.4. The molecule has 3 rings (SSSR count). The molecule has 0 fully saturated rings. The van der Waals surface area contributed by atoms with Crippen LogP contribution in [0.1, 0.15) is 53.8 Å². The maximum absolute atomic E-state index is 12.3. The van der Waals surface area contributed by atoms with E-state index in [0.717, 1.165) is 18.4 Å². The maximum atomic E-state index is 12.3. The van der Waals surface area contributed by atoms with Gasteiger partial charge in [0.15, 0.2) is 0 Å². The van der Waals surface area contributed by atoms with Crippen LogP contribution < -0.4 is 11.1 Å². The van der Waals surface area contributed by atoms with E-state index in [-0.39, 0.29) is 24.3 Å². The molecular formula is C19H23N5O. The molecule has 3 N–H and O–H groups in total. The zero-order chi connectivity index (χ0) is 18.0. The van der Waals surface area contributed by atoms with Gasteiger partial charge in [0.1, 0.15) is 24.0 Å². The molecule has 1 amide bonds. The van der Waals surface area contributed by atoms with Crippen LogP contribution in [0.2, 0.25) is 0 Å². The van der Waals surface area contributed by atoms with Crippen molar-refractivity contribution in [3.05, 3.63) is 46.1 Å². The number of aryl methyl sites for hydroxylation is 3. The average Bonchev–Trinajstić information content (AvgIpc) is 2.87. The van der Waals surface area contributed by atoms with Gasteiger partial charge in [-0.1, -0.05) is 18.2 Å². The summed E-state index contributed by atoms with van der Waals surface area (Å²) in [6, 6.07) is 8.40. The first-order chi connectivity index (χ1) is 12.0. The number of nitrogens with one attached hydrogen (secondary N) is 1. The van der Waals surface area contributed by atoms with E-state index in [1.807, 2.05) is 13.0 Å². The van der Waals surface area contributed by atoms with E-state index >= 15 is 0 Å². The van der Waals surface area contributed by atoms with Crippen molar-refractivity contribution in [1.29, 1.82) is 5.26 Å². The fourth-order valence-corrected chi connectivity index (χ4v) is 3.39. The van der Waals surface area contributed by atoms with Gasteiger partial charge in [0.25, 0.3) is 0 Å². The molecule has 2 aromatic rings. The zero-order valence-corrected chi connectivity index (χ0v) is 14.7. The summed E-state index contributed by atoms with van der Waals surface area (Å²) in [6.07, 6.45) is 4.75. The van der Waals surface area contributed by atoms with Crippen molar-refractivity contribution < 1.29 is 4.79 Å². The summed E-state index contributed by atoms with van der Waals surface area (Å²) in [5.41, 5.74) is 10.7. The second-order valence-corrected chi connectivity index (χ2v) is 6.64. The van der Waals surface area contributed by atoms with Gasteiger partial charge in [0.05, 0.1) is 11.7 Å². The minimum atomic E-state index is -0.177. The summed E-state index contributed by atoms with van der Waals surface area (Å²) in [7, 11) is 0. The van der Waals surface area contributed by atoms with Gasteiger partial charge in [-0.3, -0.25) is 4.79 Å². The van der Waals surface area contributed by atoms with E-state index in [9.17, 15) is 4.79 Å². The second-order valence-electron chi connectivity index (χ2n) is 6.64. The number of amides is 1. The molecule has 6 nitrogen and oxygen atoms in total. The number of nitriles is 1. The minimum Gasteiger partial charge on any atom is -0.383 e. The lowest BCUT2D eigenvalue weighted by Gasteiger charge is -2.20. The number of hydrogen-bond acceptors (Lipinski definition) is 4. The fourth-order valence-electron chi connectivity index (χ4n) is 3.39. The van der Waals surface area contributed by atoms with Crippen LogP contribution in [0.5, 0.6) is 0 Å².